The second-order valence-electron chi connectivity index (χ2n) is 4.68. The van der Waals surface area contributed by atoms with Crippen molar-refractivity contribution in [3.8, 4) is 5.88 Å². The molecule has 0 saturated heterocycles. The van der Waals surface area contributed by atoms with Gasteiger partial charge in [0, 0.05) is 5.56 Å². The monoisotopic (exact) mass is 377 g/mol. The number of carbonyl (C=O) groups is 1. The van der Waals surface area contributed by atoms with Gasteiger partial charge in [0.25, 0.3) is 0 Å². The van der Waals surface area contributed by atoms with Gasteiger partial charge in [-0.1, -0.05) is 29.4 Å². The average Bonchev–Trinajstić information content (AvgIpc) is 2.55. The van der Waals surface area contributed by atoms with E-state index in [0.717, 1.165) is 5.56 Å². The molecule has 0 aliphatic carbocycles. The lowest BCUT2D eigenvalue weighted by molar-refractivity contribution is 0.0775. The number of methoxy groups -OCH3 is 1. The molecule has 0 fully saturated rings. The number of nitrogens with zero attached hydrogens (tertiary/aromatic N) is 2. The second-order valence-corrected chi connectivity index (χ2v) is 5.53. The number of aromatic nitrogens is 1. The zero-order valence-corrected chi connectivity index (χ0v) is 14.3. The predicted octanol–water partition coefficient (Wildman–Crippen LogP) is 2.68. The lowest BCUT2D eigenvalue weighted by Crippen LogP contribution is -2.17. The first-order valence-electron chi connectivity index (χ1n) is 6.78. The Morgan fingerprint density at radius 1 is 1.30 bits per heavy atom. The number of ketones is 1. The van der Waals surface area contributed by atoms with Crippen LogP contribution in [0.1, 0.15) is 21.6 Å². The van der Waals surface area contributed by atoms with Gasteiger partial charge in [-0.05, 0) is 40.5 Å². The number of oxime groups is 1. The van der Waals surface area contributed by atoms with Crippen molar-refractivity contribution in [2.45, 2.75) is 6.92 Å². The molecule has 23 heavy (non-hydrogen) atoms. The standard InChI is InChI=1S/C16H16BrN3O3/c1-10-5-3-4-6-11(10)14(21)9-23-20-15(18)13-8-7-12(17)16(19-13)22-2/h3-8H,9H2,1-2H3,(H2,18,20). The highest BCUT2D eigenvalue weighted by molar-refractivity contribution is 9.10. The van der Waals surface area contributed by atoms with Crippen molar-refractivity contribution in [1.29, 1.82) is 0 Å². The topological polar surface area (TPSA) is 86.8 Å². The summed E-state index contributed by atoms with van der Waals surface area (Å²) in [5, 5.41) is 3.73. The van der Waals surface area contributed by atoms with Gasteiger partial charge in [0.05, 0.1) is 11.6 Å². The van der Waals surface area contributed by atoms with Gasteiger partial charge in [-0.2, -0.15) is 0 Å². The van der Waals surface area contributed by atoms with Crippen LogP contribution >= 0.6 is 15.9 Å². The molecule has 1 aromatic carbocycles. The molecular formula is C16H16BrN3O3. The van der Waals surface area contributed by atoms with Crippen LogP contribution in [0.2, 0.25) is 0 Å². The molecular weight excluding hydrogens is 362 g/mol. The number of ether oxygens (including phenoxy) is 1. The maximum absolute atomic E-state index is 12.1. The molecule has 0 amide bonds. The van der Waals surface area contributed by atoms with Crippen LogP contribution in [-0.4, -0.2) is 30.3 Å². The molecule has 2 rings (SSSR count). The van der Waals surface area contributed by atoms with E-state index < -0.39 is 0 Å². The largest absolute Gasteiger partial charge is 0.480 e. The van der Waals surface area contributed by atoms with E-state index in [-0.39, 0.29) is 18.2 Å². The highest BCUT2D eigenvalue weighted by Gasteiger charge is 2.10. The highest BCUT2D eigenvalue weighted by Crippen LogP contribution is 2.21. The summed E-state index contributed by atoms with van der Waals surface area (Å²) < 4.78 is 5.79. The van der Waals surface area contributed by atoms with Crippen LogP contribution in [-0.2, 0) is 4.84 Å². The summed E-state index contributed by atoms with van der Waals surface area (Å²) in [7, 11) is 1.50. The molecule has 2 aromatic rings. The van der Waals surface area contributed by atoms with Crippen molar-refractivity contribution >= 4 is 27.5 Å². The summed E-state index contributed by atoms with van der Waals surface area (Å²) in [5.74, 6) is 0.283. The Balaban J connectivity index is 2.03. The highest BCUT2D eigenvalue weighted by atomic mass is 79.9. The third kappa shape index (κ3) is 4.29. The number of aryl methyl sites for hydroxylation is 1. The van der Waals surface area contributed by atoms with Gasteiger partial charge in [0.15, 0.2) is 12.4 Å². The first-order valence-corrected chi connectivity index (χ1v) is 7.57. The second kappa shape index (κ2) is 7.73. The van der Waals surface area contributed by atoms with Crippen LogP contribution in [0.5, 0.6) is 5.88 Å². The molecule has 1 aromatic heterocycles. The van der Waals surface area contributed by atoms with Gasteiger partial charge in [-0.15, -0.1) is 0 Å². The predicted molar refractivity (Wildman–Crippen MR) is 90.7 cm³/mol. The van der Waals surface area contributed by atoms with Crippen LogP contribution < -0.4 is 10.5 Å². The Kier molecular flexibility index (Phi) is 5.70. The molecule has 0 aliphatic rings. The number of pyridine rings is 1. The third-order valence-electron chi connectivity index (χ3n) is 3.07. The lowest BCUT2D eigenvalue weighted by atomic mass is 10.1. The minimum absolute atomic E-state index is 0.0633. The number of carbonyl (C=O) groups excluding carboxylic acids is 1. The minimum Gasteiger partial charge on any atom is -0.480 e. The summed E-state index contributed by atoms with van der Waals surface area (Å²) in [6.07, 6.45) is 0. The van der Waals surface area contributed by atoms with Crippen molar-refractivity contribution in [3.05, 3.63) is 57.7 Å². The van der Waals surface area contributed by atoms with Crippen LogP contribution in [0.25, 0.3) is 0 Å². The number of rotatable bonds is 6. The Bertz CT molecular complexity index is 747. The molecule has 120 valence electrons. The lowest BCUT2D eigenvalue weighted by Gasteiger charge is -2.06. The first kappa shape index (κ1) is 17.0. The van der Waals surface area contributed by atoms with Gasteiger partial charge in [0.2, 0.25) is 11.7 Å². The summed E-state index contributed by atoms with van der Waals surface area (Å²) in [4.78, 5) is 21.3. The number of hydrogen-bond donors (Lipinski definition) is 1. The molecule has 0 radical (unpaired) electrons. The number of nitrogens with two attached hydrogens (primary N) is 1. The smallest absolute Gasteiger partial charge is 0.228 e. The van der Waals surface area contributed by atoms with Gasteiger partial charge in [-0.3, -0.25) is 4.79 Å². The van der Waals surface area contributed by atoms with E-state index in [2.05, 4.69) is 26.1 Å². The Hall–Kier alpha value is -2.41. The number of Topliss-reactive ketones (excluding diaryl/α,β-unsaturated/α-hetero) is 1. The fourth-order valence-electron chi connectivity index (χ4n) is 1.88. The van der Waals surface area contributed by atoms with Crippen LogP contribution in [0.3, 0.4) is 0 Å². The van der Waals surface area contributed by atoms with Crippen molar-refractivity contribution in [3.63, 3.8) is 0 Å². The van der Waals surface area contributed by atoms with Crippen LogP contribution in [0.15, 0.2) is 46.0 Å². The maximum Gasteiger partial charge on any atom is 0.228 e. The van der Waals surface area contributed by atoms with Crippen molar-refractivity contribution in [2.75, 3.05) is 13.7 Å². The summed E-state index contributed by atoms with van der Waals surface area (Å²) in [5.41, 5.74) is 7.69. The van der Waals surface area contributed by atoms with E-state index in [9.17, 15) is 4.79 Å². The molecule has 2 N–H and O–H groups in total. The molecule has 7 heteroatoms. The van der Waals surface area contributed by atoms with E-state index in [1.54, 1.807) is 24.3 Å². The summed E-state index contributed by atoms with van der Waals surface area (Å²) >= 11 is 3.30. The molecule has 1 heterocycles. The van der Waals surface area contributed by atoms with E-state index in [0.29, 0.717) is 21.6 Å². The zero-order valence-electron chi connectivity index (χ0n) is 12.7. The molecule has 0 aliphatic heterocycles. The molecule has 0 saturated carbocycles. The van der Waals surface area contributed by atoms with E-state index >= 15 is 0 Å². The fourth-order valence-corrected chi connectivity index (χ4v) is 2.26. The average molecular weight is 378 g/mol. The molecule has 0 atom stereocenters. The van der Waals surface area contributed by atoms with Gasteiger partial charge in [0.1, 0.15) is 5.69 Å². The van der Waals surface area contributed by atoms with E-state index in [1.165, 1.54) is 7.11 Å². The minimum atomic E-state index is -0.195. The molecule has 0 unspecified atom stereocenters. The summed E-state index contributed by atoms with van der Waals surface area (Å²) in [6.45, 7) is 1.67. The van der Waals surface area contributed by atoms with Crippen LogP contribution in [0, 0.1) is 6.92 Å². The third-order valence-corrected chi connectivity index (χ3v) is 3.68. The van der Waals surface area contributed by atoms with Gasteiger partial charge >= 0.3 is 0 Å². The zero-order chi connectivity index (χ0) is 16.8. The van der Waals surface area contributed by atoms with Gasteiger partial charge in [-0.25, -0.2) is 4.98 Å². The summed E-state index contributed by atoms with van der Waals surface area (Å²) in [6, 6.07) is 10.7. The van der Waals surface area contributed by atoms with Gasteiger partial charge < -0.3 is 15.3 Å². The number of amidine groups is 1. The Morgan fingerprint density at radius 2 is 2.04 bits per heavy atom. The first-order chi connectivity index (χ1) is 11.0. The normalized spacial score (nSPS) is 11.2. The fraction of sp³-hybridized carbons (Fsp3) is 0.188. The number of hydrogen-bond acceptors (Lipinski definition) is 5. The molecule has 6 nitrogen and oxygen atoms in total. The quantitative estimate of drug-likeness (QED) is 0.362. The molecule has 0 bridgehead atoms. The Morgan fingerprint density at radius 3 is 2.74 bits per heavy atom. The van der Waals surface area contributed by atoms with E-state index in [1.807, 2.05) is 19.1 Å². The molecule has 0 spiro atoms. The van der Waals surface area contributed by atoms with Crippen LogP contribution in [0.4, 0.5) is 0 Å². The number of benzene rings is 1. The van der Waals surface area contributed by atoms with Crippen molar-refractivity contribution in [1.82, 2.24) is 4.98 Å². The van der Waals surface area contributed by atoms with E-state index in [4.69, 9.17) is 15.3 Å². The maximum atomic E-state index is 12.1. The van der Waals surface area contributed by atoms with Crippen molar-refractivity contribution in [2.24, 2.45) is 10.9 Å². The van der Waals surface area contributed by atoms with Crippen molar-refractivity contribution < 1.29 is 14.4 Å². The SMILES string of the molecule is COc1nc(/C(N)=N/OCC(=O)c2ccccc2C)ccc1Br. The number of halogens is 1. The Labute approximate surface area is 142 Å².